The first-order valence-electron chi connectivity index (χ1n) is 5.92. The maximum absolute atomic E-state index is 12.1. The number of rotatable bonds is 4. The number of amides is 1. The molecule has 0 saturated carbocycles. The fourth-order valence-corrected chi connectivity index (χ4v) is 2.03. The van der Waals surface area contributed by atoms with Gasteiger partial charge >= 0.3 is 0 Å². The summed E-state index contributed by atoms with van der Waals surface area (Å²) < 4.78 is 5.40. The third-order valence-corrected chi connectivity index (χ3v) is 2.98. The highest BCUT2D eigenvalue weighted by Gasteiger charge is 2.18. The molecule has 1 heterocycles. The molecule has 0 bridgehead atoms. The van der Waals surface area contributed by atoms with Gasteiger partial charge in [0.15, 0.2) is 0 Å². The fraction of sp³-hybridized carbons (Fsp3) is 0.462. The van der Waals surface area contributed by atoms with Crippen molar-refractivity contribution in [3.05, 3.63) is 29.3 Å². The molecule has 0 fully saturated rings. The van der Waals surface area contributed by atoms with E-state index < -0.39 is 0 Å². The molecule has 1 aromatic rings. The van der Waals surface area contributed by atoms with Crippen molar-refractivity contribution in [3.8, 4) is 5.75 Å². The average molecular weight is 235 g/mol. The molecule has 1 aliphatic rings. The maximum Gasteiger partial charge on any atom is 0.253 e. The Kier molecular flexibility index (Phi) is 3.64. The van der Waals surface area contributed by atoms with E-state index >= 15 is 0 Å². The van der Waals surface area contributed by atoms with E-state index in [1.807, 2.05) is 19.1 Å². The van der Waals surface area contributed by atoms with Gasteiger partial charge in [0.25, 0.3) is 5.91 Å². The van der Waals surface area contributed by atoms with E-state index in [0.29, 0.717) is 25.3 Å². The van der Waals surface area contributed by atoms with Crippen LogP contribution < -0.4 is 4.74 Å². The zero-order valence-corrected chi connectivity index (χ0v) is 9.98. The van der Waals surface area contributed by atoms with Gasteiger partial charge in [-0.3, -0.25) is 4.79 Å². The van der Waals surface area contributed by atoms with Crippen LogP contribution >= 0.6 is 0 Å². The molecule has 1 amide bonds. The first-order chi connectivity index (χ1) is 8.26. The molecule has 92 valence electrons. The molecule has 2 rings (SSSR count). The van der Waals surface area contributed by atoms with Crippen LogP contribution in [0.2, 0.25) is 0 Å². The van der Waals surface area contributed by atoms with Gasteiger partial charge < -0.3 is 14.7 Å². The number of aliphatic hydroxyl groups is 1. The van der Waals surface area contributed by atoms with Crippen LogP contribution in [0.15, 0.2) is 18.2 Å². The summed E-state index contributed by atoms with van der Waals surface area (Å²) in [6.07, 6.45) is 0.864. The zero-order valence-electron chi connectivity index (χ0n) is 9.98. The molecule has 0 spiro atoms. The Morgan fingerprint density at radius 2 is 2.35 bits per heavy atom. The molecule has 4 nitrogen and oxygen atoms in total. The van der Waals surface area contributed by atoms with Gasteiger partial charge in [0.2, 0.25) is 0 Å². The quantitative estimate of drug-likeness (QED) is 0.849. The molecule has 4 heteroatoms. The van der Waals surface area contributed by atoms with Crippen molar-refractivity contribution in [3.63, 3.8) is 0 Å². The van der Waals surface area contributed by atoms with Crippen molar-refractivity contribution >= 4 is 5.91 Å². The molecule has 0 atom stereocenters. The molecule has 0 aromatic heterocycles. The number of hydrogen-bond acceptors (Lipinski definition) is 3. The number of nitrogens with zero attached hydrogens (tertiary/aromatic N) is 1. The van der Waals surface area contributed by atoms with Crippen LogP contribution in [0.25, 0.3) is 0 Å². The third kappa shape index (κ3) is 2.42. The predicted molar refractivity (Wildman–Crippen MR) is 64.3 cm³/mol. The summed E-state index contributed by atoms with van der Waals surface area (Å²) in [6.45, 7) is 3.58. The zero-order chi connectivity index (χ0) is 12.3. The van der Waals surface area contributed by atoms with Gasteiger partial charge in [-0.15, -0.1) is 0 Å². The number of ether oxygens (including phenoxy) is 1. The van der Waals surface area contributed by atoms with Gasteiger partial charge in [-0.2, -0.15) is 0 Å². The maximum atomic E-state index is 12.1. The Morgan fingerprint density at radius 1 is 1.53 bits per heavy atom. The topological polar surface area (TPSA) is 49.8 Å². The average Bonchev–Trinajstić information content (AvgIpc) is 2.82. The molecular formula is C13H17NO3. The lowest BCUT2D eigenvalue weighted by molar-refractivity contribution is 0.0732. The van der Waals surface area contributed by atoms with E-state index in [9.17, 15) is 4.79 Å². The van der Waals surface area contributed by atoms with E-state index in [1.165, 1.54) is 0 Å². The summed E-state index contributed by atoms with van der Waals surface area (Å²) in [5, 5.41) is 8.90. The highest BCUT2D eigenvalue weighted by molar-refractivity contribution is 5.94. The lowest BCUT2D eigenvalue weighted by Gasteiger charge is -2.19. The fourth-order valence-electron chi connectivity index (χ4n) is 2.03. The van der Waals surface area contributed by atoms with Gasteiger partial charge in [0, 0.05) is 25.1 Å². The number of likely N-dealkylation sites (N-methyl/N-ethyl adjacent to an activating group) is 1. The standard InChI is InChI=1S/C13H17NO3/c1-2-14(6-7-15)13(16)11-3-4-12-10(9-11)5-8-17-12/h3-4,9,15H,2,5-8H2,1H3. The predicted octanol–water partition coefficient (Wildman–Crippen LogP) is 1.08. The molecule has 0 radical (unpaired) electrons. The summed E-state index contributed by atoms with van der Waals surface area (Å²) in [4.78, 5) is 13.8. The van der Waals surface area contributed by atoms with Crippen molar-refractivity contribution in [1.29, 1.82) is 0 Å². The Hall–Kier alpha value is -1.55. The number of benzene rings is 1. The number of carbonyl (C=O) groups is 1. The molecule has 0 aliphatic carbocycles. The second-order valence-corrected chi connectivity index (χ2v) is 4.03. The Balaban J connectivity index is 2.19. The molecule has 1 aliphatic heterocycles. The summed E-state index contributed by atoms with van der Waals surface area (Å²) in [6, 6.07) is 5.53. The highest BCUT2D eigenvalue weighted by Crippen LogP contribution is 2.26. The number of aliphatic hydroxyl groups excluding tert-OH is 1. The van der Waals surface area contributed by atoms with E-state index in [0.717, 1.165) is 17.7 Å². The molecule has 0 unspecified atom stereocenters. The van der Waals surface area contributed by atoms with Gasteiger partial charge in [-0.25, -0.2) is 0 Å². The minimum atomic E-state index is -0.0312. The number of carbonyl (C=O) groups excluding carboxylic acids is 1. The number of fused-ring (bicyclic) bond motifs is 1. The van der Waals surface area contributed by atoms with Gasteiger partial charge in [0.1, 0.15) is 5.75 Å². The van der Waals surface area contributed by atoms with Gasteiger partial charge in [-0.05, 0) is 30.7 Å². The monoisotopic (exact) mass is 235 g/mol. The SMILES string of the molecule is CCN(CCO)C(=O)c1ccc2c(c1)CCO2. The second kappa shape index (κ2) is 5.19. The summed E-state index contributed by atoms with van der Waals surface area (Å²) in [5.74, 6) is 0.850. The van der Waals surface area contributed by atoms with Crippen LogP contribution in [0.5, 0.6) is 5.75 Å². The molecule has 0 saturated heterocycles. The first-order valence-corrected chi connectivity index (χ1v) is 5.92. The van der Waals surface area contributed by atoms with Crippen LogP contribution in [0, 0.1) is 0 Å². The number of hydrogen-bond donors (Lipinski definition) is 1. The summed E-state index contributed by atoms with van der Waals surface area (Å²) in [5.41, 5.74) is 1.76. The molecule has 1 N–H and O–H groups in total. The summed E-state index contributed by atoms with van der Waals surface area (Å²) >= 11 is 0. The smallest absolute Gasteiger partial charge is 0.253 e. The van der Waals surface area contributed by atoms with Gasteiger partial charge in [0.05, 0.1) is 13.2 Å². The lowest BCUT2D eigenvalue weighted by atomic mass is 10.1. The first kappa shape index (κ1) is 11.9. The van der Waals surface area contributed by atoms with Crippen LogP contribution in [-0.4, -0.2) is 42.2 Å². The van der Waals surface area contributed by atoms with Crippen molar-refractivity contribution in [1.82, 2.24) is 4.90 Å². The molecule has 17 heavy (non-hydrogen) atoms. The Labute approximate surface area is 101 Å². The van der Waals surface area contributed by atoms with Crippen LogP contribution in [-0.2, 0) is 6.42 Å². The van der Waals surface area contributed by atoms with Crippen molar-refractivity contribution in [2.75, 3.05) is 26.3 Å². The van der Waals surface area contributed by atoms with Gasteiger partial charge in [-0.1, -0.05) is 0 Å². The largest absolute Gasteiger partial charge is 0.493 e. The van der Waals surface area contributed by atoms with E-state index in [2.05, 4.69) is 0 Å². The summed E-state index contributed by atoms with van der Waals surface area (Å²) in [7, 11) is 0. The molecular weight excluding hydrogens is 218 g/mol. The molecule has 1 aromatic carbocycles. The van der Waals surface area contributed by atoms with Crippen molar-refractivity contribution in [2.24, 2.45) is 0 Å². The lowest BCUT2D eigenvalue weighted by Crippen LogP contribution is -2.33. The highest BCUT2D eigenvalue weighted by atomic mass is 16.5. The van der Waals surface area contributed by atoms with Crippen LogP contribution in [0.1, 0.15) is 22.8 Å². The minimum Gasteiger partial charge on any atom is -0.493 e. The second-order valence-electron chi connectivity index (χ2n) is 4.03. The Morgan fingerprint density at radius 3 is 3.06 bits per heavy atom. The third-order valence-electron chi connectivity index (χ3n) is 2.98. The van der Waals surface area contributed by atoms with E-state index in [-0.39, 0.29) is 12.5 Å². The van der Waals surface area contributed by atoms with Crippen molar-refractivity contribution in [2.45, 2.75) is 13.3 Å². The van der Waals surface area contributed by atoms with E-state index in [4.69, 9.17) is 9.84 Å². The minimum absolute atomic E-state index is 0.00632. The normalized spacial score (nSPS) is 13.1. The van der Waals surface area contributed by atoms with E-state index in [1.54, 1.807) is 11.0 Å². The van der Waals surface area contributed by atoms with Crippen LogP contribution in [0.3, 0.4) is 0 Å². The Bertz CT molecular complexity index is 417. The van der Waals surface area contributed by atoms with Crippen LogP contribution in [0.4, 0.5) is 0 Å². The van der Waals surface area contributed by atoms with Crippen molar-refractivity contribution < 1.29 is 14.6 Å².